The fourth-order valence-corrected chi connectivity index (χ4v) is 4.43. The number of amides is 1. The Bertz CT molecular complexity index is 542. The highest BCUT2D eigenvalue weighted by molar-refractivity contribution is 9.10. The molecule has 2 rings (SSSR count). The third-order valence-corrected chi connectivity index (χ3v) is 6.57. The Morgan fingerprint density at radius 1 is 1.30 bits per heavy atom. The van der Waals surface area contributed by atoms with Gasteiger partial charge in [0.05, 0.1) is 5.75 Å². The average Bonchev–Trinajstić information content (AvgIpc) is 2.55. The van der Waals surface area contributed by atoms with E-state index in [1.54, 1.807) is 11.8 Å². The maximum atomic E-state index is 12.4. The predicted molar refractivity (Wildman–Crippen MR) is 102 cm³/mol. The van der Waals surface area contributed by atoms with Crippen molar-refractivity contribution in [2.45, 2.75) is 38.0 Å². The van der Waals surface area contributed by atoms with E-state index < -0.39 is 0 Å². The molecule has 1 saturated heterocycles. The summed E-state index contributed by atoms with van der Waals surface area (Å²) in [5, 5.41) is 3.21. The molecule has 128 valence electrons. The number of aryl methyl sites for hydroxylation is 2. The van der Waals surface area contributed by atoms with Gasteiger partial charge in [0.2, 0.25) is 5.91 Å². The van der Waals surface area contributed by atoms with Crippen LogP contribution >= 0.6 is 27.7 Å². The van der Waals surface area contributed by atoms with E-state index in [1.807, 2.05) is 11.9 Å². The van der Waals surface area contributed by atoms with Gasteiger partial charge in [-0.1, -0.05) is 15.9 Å². The maximum Gasteiger partial charge on any atom is 0.232 e. The number of halogens is 1. The molecule has 1 aromatic carbocycles. The molecule has 5 heteroatoms. The van der Waals surface area contributed by atoms with E-state index >= 15 is 0 Å². The molecule has 0 radical (unpaired) electrons. The lowest BCUT2D eigenvalue weighted by Crippen LogP contribution is -2.39. The number of nitrogens with zero attached hydrogens (tertiary/aromatic N) is 1. The number of hydrogen-bond acceptors (Lipinski definition) is 3. The summed E-state index contributed by atoms with van der Waals surface area (Å²) >= 11 is 5.22. The van der Waals surface area contributed by atoms with Crippen LogP contribution in [0.15, 0.2) is 21.5 Å². The van der Waals surface area contributed by atoms with Gasteiger partial charge < -0.3 is 10.2 Å². The van der Waals surface area contributed by atoms with Crippen LogP contribution in [0.25, 0.3) is 0 Å². The van der Waals surface area contributed by atoms with Gasteiger partial charge in [-0.15, -0.1) is 11.8 Å². The highest BCUT2D eigenvalue weighted by atomic mass is 79.9. The van der Waals surface area contributed by atoms with Gasteiger partial charge in [0.1, 0.15) is 0 Å². The van der Waals surface area contributed by atoms with Crippen molar-refractivity contribution in [3.05, 3.63) is 27.7 Å². The van der Waals surface area contributed by atoms with Gasteiger partial charge in [0.15, 0.2) is 0 Å². The van der Waals surface area contributed by atoms with E-state index in [0.29, 0.717) is 5.75 Å². The summed E-state index contributed by atoms with van der Waals surface area (Å²) in [6.07, 6.45) is 3.52. The second kappa shape index (κ2) is 9.09. The molecule has 0 saturated carbocycles. The van der Waals surface area contributed by atoms with Crippen molar-refractivity contribution in [2.75, 3.05) is 32.4 Å². The zero-order chi connectivity index (χ0) is 16.8. The molecule has 0 aliphatic carbocycles. The molecule has 1 heterocycles. The van der Waals surface area contributed by atoms with Crippen LogP contribution in [0, 0.1) is 19.8 Å². The van der Waals surface area contributed by atoms with Crippen LogP contribution < -0.4 is 5.32 Å². The molecule has 0 bridgehead atoms. The van der Waals surface area contributed by atoms with E-state index in [4.69, 9.17) is 0 Å². The number of benzene rings is 1. The van der Waals surface area contributed by atoms with E-state index in [2.05, 4.69) is 47.2 Å². The summed E-state index contributed by atoms with van der Waals surface area (Å²) < 4.78 is 1.13. The highest BCUT2D eigenvalue weighted by Crippen LogP contribution is 2.29. The lowest BCUT2D eigenvalue weighted by atomic mass is 9.93. The number of likely N-dealkylation sites (tertiary alicyclic amines) is 1. The van der Waals surface area contributed by atoms with Crippen LogP contribution in [0.2, 0.25) is 0 Å². The van der Waals surface area contributed by atoms with Crippen molar-refractivity contribution in [1.29, 1.82) is 0 Å². The second-order valence-electron chi connectivity index (χ2n) is 6.37. The first kappa shape index (κ1) is 18.8. The minimum atomic E-state index is 0.280. The van der Waals surface area contributed by atoms with Crippen molar-refractivity contribution >= 4 is 33.6 Å². The van der Waals surface area contributed by atoms with Gasteiger partial charge in [0.25, 0.3) is 0 Å². The summed E-state index contributed by atoms with van der Waals surface area (Å²) in [5.74, 6) is 1.60. The molecule has 0 aromatic heterocycles. The van der Waals surface area contributed by atoms with Crippen molar-refractivity contribution in [1.82, 2.24) is 10.2 Å². The van der Waals surface area contributed by atoms with E-state index in [1.165, 1.54) is 22.4 Å². The Morgan fingerprint density at radius 2 is 2.00 bits per heavy atom. The van der Waals surface area contributed by atoms with Crippen molar-refractivity contribution in [3.8, 4) is 0 Å². The topological polar surface area (TPSA) is 32.3 Å². The van der Waals surface area contributed by atoms with Gasteiger partial charge in [-0.3, -0.25) is 4.79 Å². The van der Waals surface area contributed by atoms with Crippen LogP contribution in [-0.4, -0.2) is 43.2 Å². The number of carbonyl (C=O) groups is 1. The fraction of sp³-hybridized carbons (Fsp3) is 0.611. The number of nitrogens with one attached hydrogen (secondary N) is 1. The van der Waals surface area contributed by atoms with Crippen LogP contribution in [0.1, 0.15) is 30.4 Å². The summed E-state index contributed by atoms with van der Waals surface area (Å²) in [7, 11) is 2.00. The zero-order valence-corrected chi connectivity index (χ0v) is 16.7. The molecular weight excluding hydrogens is 372 g/mol. The second-order valence-corrected chi connectivity index (χ2v) is 8.24. The third-order valence-electron chi connectivity index (χ3n) is 4.58. The van der Waals surface area contributed by atoms with E-state index in [9.17, 15) is 4.79 Å². The Morgan fingerprint density at radius 3 is 2.65 bits per heavy atom. The fourth-order valence-electron chi connectivity index (χ4n) is 2.96. The molecule has 1 aliphatic heterocycles. The first-order valence-electron chi connectivity index (χ1n) is 8.33. The molecule has 23 heavy (non-hydrogen) atoms. The monoisotopic (exact) mass is 398 g/mol. The number of rotatable bonds is 6. The van der Waals surface area contributed by atoms with Crippen LogP contribution in [-0.2, 0) is 4.79 Å². The standard InChI is InChI=1S/C18H27BrN2OS/c1-13-11-17(14(2)10-16(13)19)23-12-18(22)21-8-5-15(6-9-21)4-7-20-3/h10-11,15,20H,4-9,12H2,1-3H3. The number of piperidine rings is 1. The Balaban J connectivity index is 1.81. The first-order chi connectivity index (χ1) is 11.0. The predicted octanol–water partition coefficient (Wildman–Crippen LogP) is 4.01. The molecule has 1 aliphatic rings. The third kappa shape index (κ3) is 5.50. The average molecular weight is 399 g/mol. The molecule has 1 N–H and O–H groups in total. The molecule has 0 spiro atoms. The van der Waals surface area contributed by atoms with Gasteiger partial charge in [-0.2, -0.15) is 0 Å². The molecule has 1 fully saturated rings. The van der Waals surface area contributed by atoms with Gasteiger partial charge in [-0.25, -0.2) is 0 Å². The van der Waals surface area contributed by atoms with Gasteiger partial charge >= 0.3 is 0 Å². The van der Waals surface area contributed by atoms with Gasteiger partial charge in [0, 0.05) is 22.5 Å². The molecule has 1 amide bonds. The van der Waals surface area contributed by atoms with E-state index in [0.717, 1.165) is 42.9 Å². The highest BCUT2D eigenvalue weighted by Gasteiger charge is 2.22. The normalized spacial score (nSPS) is 15.9. The minimum absolute atomic E-state index is 0.280. The molecule has 3 nitrogen and oxygen atoms in total. The van der Waals surface area contributed by atoms with Crippen molar-refractivity contribution in [3.63, 3.8) is 0 Å². The number of hydrogen-bond donors (Lipinski definition) is 1. The maximum absolute atomic E-state index is 12.4. The van der Waals surface area contributed by atoms with Crippen LogP contribution in [0.5, 0.6) is 0 Å². The zero-order valence-electron chi connectivity index (χ0n) is 14.3. The minimum Gasteiger partial charge on any atom is -0.342 e. The first-order valence-corrected chi connectivity index (χ1v) is 10.1. The summed E-state index contributed by atoms with van der Waals surface area (Å²) in [6.45, 7) is 7.12. The molecule has 1 aromatic rings. The van der Waals surface area contributed by atoms with E-state index in [-0.39, 0.29) is 5.91 Å². The van der Waals surface area contributed by atoms with Crippen molar-refractivity contribution in [2.24, 2.45) is 5.92 Å². The van der Waals surface area contributed by atoms with Crippen molar-refractivity contribution < 1.29 is 4.79 Å². The Hall–Kier alpha value is -0.520. The van der Waals surface area contributed by atoms with Crippen LogP contribution in [0.4, 0.5) is 0 Å². The smallest absolute Gasteiger partial charge is 0.232 e. The summed E-state index contributed by atoms with van der Waals surface area (Å²) in [4.78, 5) is 15.7. The molecule has 0 unspecified atom stereocenters. The summed E-state index contributed by atoms with van der Waals surface area (Å²) in [5.41, 5.74) is 2.45. The lowest BCUT2D eigenvalue weighted by Gasteiger charge is -2.32. The largest absolute Gasteiger partial charge is 0.342 e. The Kier molecular flexibility index (Phi) is 7.44. The van der Waals surface area contributed by atoms with Gasteiger partial charge in [-0.05, 0) is 75.9 Å². The lowest BCUT2D eigenvalue weighted by molar-refractivity contribution is -0.129. The SMILES string of the molecule is CNCCC1CCN(C(=O)CSc2cc(C)c(Br)cc2C)CC1. The number of thioether (sulfide) groups is 1. The quantitative estimate of drug-likeness (QED) is 0.734. The summed E-state index contributed by atoms with van der Waals surface area (Å²) in [6, 6.07) is 4.30. The molecular formula is C18H27BrN2OS. The number of carbonyl (C=O) groups excluding carboxylic acids is 1. The molecule has 0 atom stereocenters. The van der Waals surface area contributed by atoms with Crippen LogP contribution in [0.3, 0.4) is 0 Å². The Labute approximate surface area is 152 Å².